The highest BCUT2D eigenvalue weighted by Gasteiger charge is 2.39. The van der Waals surface area contributed by atoms with Gasteiger partial charge in [0.2, 0.25) is 5.75 Å². The van der Waals surface area contributed by atoms with Crippen LogP contribution in [0.25, 0.3) is 21.9 Å². The Kier molecular flexibility index (Phi) is 5.54. The molecule has 0 atom stereocenters. The van der Waals surface area contributed by atoms with Crippen LogP contribution >= 0.6 is 0 Å². The second-order valence-corrected chi connectivity index (χ2v) is 6.73. The smallest absolute Gasteiger partial charge is 0.423 e. The summed E-state index contributed by atoms with van der Waals surface area (Å²) >= 11 is 0. The minimum atomic E-state index is -4.90. The average molecular weight is 434 g/mol. The minimum absolute atomic E-state index is 0.0513. The molecule has 0 amide bonds. The van der Waals surface area contributed by atoms with E-state index in [0.717, 1.165) is 6.07 Å². The highest BCUT2D eigenvalue weighted by Crippen LogP contribution is 2.47. The van der Waals surface area contributed by atoms with Gasteiger partial charge in [0, 0.05) is 21.9 Å². The minimum Gasteiger partial charge on any atom is -0.490 e. The molecule has 0 fully saturated rings. The molecule has 1 aromatic heterocycles. The van der Waals surface area contributed by atoms with Crippen LogP contribution in [0.1, 0.15) is 19.4 Å². The van der Waals surface area contributed by atoms with E-state index in [1.807, 2.05) is 0 Å². The largest absolute Gasteiger partial charge is 0.490 e. The number of rotatable bonds is 5. The van der Waals surface area contributed by atoms with Gasteiger partial charge in [-0.05, 0) is 38.1 Å². The van der Waals surface area contributed by atoms with Gasteiger partial charge in [0.1, 0.15) is 11.3 Å². The van der Waals surface area contributed by atoms with E-state index in [2.05, 4.69) is 13.2 Å². The molecule has 0 spiro atoms. The normalized spacial score (nSPS) is 11.4. The Morgan fingerprint density at radius 1 is 0.871 bits per heavy atom. The highest BCUT2D eigenvalue weighted by molar-refractivity contribution is 6.09. The monoisotopic (exact) mass is 434 g/mol. The summed E-state index contributed by atoms with van der Waals surface area (Å²) in [5, 5.41) is 0.388. The van der Waals surface area contributed by atoms with Crippen LogP contribution in [-0.2, 0) is 15.8 Å². The van der Waals surface area contributed by atoms with Crippen molar-refractivity contribution >= 4 is 33.9 Å². The van der Waals surface area contributed by atoms with Gasteiger partial charge in [0.05, 0.1) is 7.11 Å². The fourth-order valence-electron chi connectivity index (χ4n) is 2.84. The number of hydrogen-bond donors (Lipinski definition) is 0. The van der Waals surface area contributed by atoms with Gasteiger partial charge < -0.3 is 18.6 Å². The molecule has 3 rings (SSSR count). The summed E-state index contributed by atoms with van der Waals surface area (Å²) in [5.74, 6) is -2.59. The van der Waals surface area contributed by atoms with Crippen LogP contribution in [0.15, 0.2) is 53.0 Å². The lowest BCUT2D eigenvalue weighted by Gasteiger charge is -2.13. The van der Waals surface area contributed by atoms with Crippen molar-refractivity contribution in [2.75, 3.05) is 7.11 Å². The number of carbonyl (C=O) groups is 2. The van der Waals surface area contributed by atoms with Crippen molar-refractivity contribution in [1.29, 1.82) is 0 Å². The maximum Gasteiger partial charge on any atom is 0.423 e. The third-order valence-electron chi connectivity index (χ3n) is 4.28. The first kappa shape index (κ1) is 21.9. The van der Waals surface area contributed by atoms with Crippen LogP contribution in [0.4, 0.5) is 13.2 Å². The molecule has 0 bridgehead atoms. The van der Waals surface area contributed by atoms with Crippen molar-refractivity contribution in [2.45, 2.75) is 20.0 Å². The first-order valence-corrected chi connectivity index (χ1v) is 8.84. The topological polar surface area (TPSA) is 75.0 Å². The molecular formula is C22H17F3O6. The molecule has 0 saturated carbocycles. The fourth-order valence-corrected chi connectivity index (χ4v) is 2.84. The van der Waals surface area contributed by atoms with E-state index in [0.29, 0.717) is 0 Å². The first-order valence-electron chi connectivity index (χ1n) is 8.84. The lowest BCUT2D eigenvalue weighted by Crippen LogP contribution is -2.14. The van der Waals surface area contributed by atoms with E-state index in [4.69, 9.17) is 18.6 Å². The van der Waals surface area contributed by atoms with Gasteiger partial charge in [-0.3, -0.25) is 0 Å². The second kappa shape index (κ2) is 7.82. The number of ether oxygens (including phenoxy) is 3. The molecule has 162 valence electrons. The number of esters is 2. The van der Waals surface area contributed by atoms with E-state index in [1.165, 1.54) is 39.2 Å². The molecule has 0 aliphatic rings. The molecular weight excluding hydrogens is 417 g/mol. The zero-order chi connectivity index (χ0) is 23.1. The van der Waals surface area contributed by atoms with Crippen molar-refractivity contribution in [3.8, 4) is 17.2 Å². The van der Waals surface area contributed by atoms with Gasteiger partial charge in [0.25, 0.3) is 0 Å². The number of furan rings is 1. The summed E-state index contributed by atoms with van der Waals surface area (Å²) in [5.41, 5.74) is -1.84. The lowest BCUT2D eigenvalue weighted by molar-refractivity contribution is -0.140. The van der Waals surface area contributed by atoms with Gasteiger partial charge in [-0.15, -0.1) is 0 Å². The first-order chi connectivity index (χ1) is 14.5. The third-order valence-corrected chi connectivity index (χ3v) is 4.28. The van der Waals surface area contributed by atoms with Crippen LogP contribution in [0.2, 0.25) is 0 Å². The highest BCUT2D eigenvalue weighted by atomic mass is 19.4. The Bertz CT molecular complexity index is 1250. The Labute approximate surface area is 174 Å². The van der Waals surface area contributed by atoms with E-state index >= 15 is 0 Å². The van der Waals surface area contributed by atoms with Gasteiger partial charge in [-0.1, -0.05) is 13.2 Å². The number of halogens is 3. The Hall–Kier alpha value is -3.75. The Balaban J connectivity index is 2.30. The van der Waals surface area contributed by atoms with Gasteiger partial charge in [-0.25, -0.2) is 9.59 Å². The van der Waals surface area contributed by atoms with Crippen LogP contribution in [0.3, 0.4) is 0 Å². The molecule has 0 aliphatic carbocycles. The zero-order valence-electron chi connectivity index (χ0n) is 16.8. The summed E-state index contributed by atoms with van der Waals surface area (Å²) in [6.07, 6.45) is -4.90. The van der Waals surface area contributed by atoms with Crippen molar-refractivity contribution in [1.82, 2.24) is 0 Å². The summed E-state index contributed by atoms with van der Waals surface area (Å²) in [6, 6.07) is 5.17. The molecule has 9 heteroatoms. The molecule has 0 radical (unpaired) electrons. The van der Waals surface area contributed by atoms with Crippen molar-refractivity contribution in [2.24, 2.45) is 0 Å². The summed E-state index contributed by atoms with van der Waals surface area (Å²) in [6.45, 7) is 9.60. The number of methoxy groups -OCH3 is 1. The predicted octanol–water partition coefficient (Wildman–Crippen LogP) is 5.58. The quantitative estimate of drug-likeness (QED) is 0.297. The number of fused-ring (bicyclic) bond motifs is 3. The molecule has 0 saturated heterocycles. The van der Waals surface area contributed by atoms with Crippen molar-refractivity contribution in [3.05, 3.63) is 54.1 Å². The maximum absolute atomic E-state index is 13.9. The van der Waals surface area contributed by atoms with E-state index in [1.54, 1.807) is 0 Å². The van der Waals surface area contributed by atoms with Gasteiger partial charge in [0.15, 0.2) is 16.9 Å². The third kappa shape index (κ3) is 3.98. The van der Waals surface area contributed by atoms with Crippen molar-refractivity contribution in [3.63, 3.8) is 0 Å². The molecule has 0 N–H and O–H groups in total. The Morgan fingerprint density at radius 2 is 1.35 bits per heavy atom. The summed E-state index contributed by atoms with van der Waals surface area (Å²) in [4.78, 5) is 23.7. The van der Waals surface area contributed by atoms with E-state index in [-0.39, 0.29) is 39.0 Å². The van der Waals surface area contributed by atoms with Crippen LogP contribution in [0, 0.1) is 0 Å². The van der Waals surface area contributed by atoms with E-state index < -0.39 is 35.0 Å². The molecule has 3 aromatic rings. The summed E-state index contributed by atoms with van der Waals surface area (Å²) < 4.78 is 62.5. The predicted molar refractivity (Wildman–Crippen MR) is 106 cm³/mol. The molecule has 6 nitrogen and oxygen atoms in total. The van der Waals surface area contributed by atoms with Gasteiger partial charge in [-0.2, -0.15) is 13.2 Å². The van der Waals surface area contributed by atoms with E-state index in [9.17, 15) is 22.8 Å². The SMILES string of the molecule is C=C(C)C(=O)Oc1ccc2c(oc3c(C(F)(F)F)c(OC(=O)C(=C)C)ccc32)c1OC. The molecule has 0 unspecified atom stereocenters. The standard InChI is InChI=1S/C22H17F3O6/c1-10(2)20(26)29-14-8-6-12-13-7-9-15(30-21(27)11(3)4)19(28-5)18(13)31-17(12)16(14)22(23,24)25/h6-9H,1,3H2,2,4-5H3. The molecule has 31 heavy (non-hydrogen) atoms. The second-order valence-electron chi connectivity index (χ2n) is 6.73. The zero-order valence-corrected chi connectivity index (χ0v) is 16.8. The molecule has 1 heterocycles. The van der Waals surface area contributed by atoms with Crippen LogP contribution in [-0.4, -0.2) is 19.0 Å². The number of hydrogen-bond acceptors (Lipinski definition) is 6. The summed E-state index contributed by atoms with van der Waals surface area (Å²) in [7, 11) is 1.25. The molecule has 0 aliphatic heterocycles. The fraction of sp³-hybridized carbons (Fsp3) is 0.182. The number of carbonyl (C=O) groups excluding carboxylic acids is 2. The van der Waals surface area contributed by atoms with Gasteiger partial charge >= 0.3 is 18.1 Å². The molecule has 2 aromatic carbocycles. The lowest BCUT2D eigenvalue weighted by atomic mass is 10.1. The Morgan fingerprint density at radius 3 is 1.84 bits per heavy atom. The van der Waals surface area contributed by atoms with Crippen LogP contribution < -0.4 is 14.2 Å². The average Bonchev–Trinajstić information content (AvgIpc) is 3.04. The van der Waals surface area contributed by atoms with Crippen LogP contribution in [0.5, 0.6) is 17.2 Å². The number of benzene rings is 2. The van der Waals surface area contributed by atoms with Crippen molar-refractivity contribution < 1.29 is 41.4 Å². The number of alkyl halides is 3. The maximum atomic E-state index is 13.9.